The first kappa shape index (κ1) is 9.06. The summed E-state index contributed by atoms with van der Waals surface area (Å²) >= 11 is 0. The number of rotatable bonds is 3. The molecular weight excluding hydrogens is 152 g/mol. The first-order valence-electron chi connectivity index (χ1n) is 4.04. The van der Waals surface area contributed by atoms with Crippen molar-refractivity contribution in [3.05, 3.63) is 18.5 Å². The van der Waals surface area contributed by atoms with Gasteiger partial charge in [-0.15, -0.1) is 0 Å². The van der Waals surface area contributed by atoms with E-state index in [-0.39, 0.29) is 5.54 Å². The lowest BCUT2D eigenvalue weighted by Crippen LogP contribution is -2.38. The molecule has 1 atom stereocenters. The molecule has 4 heteroatoms. The molecule has 4 nitrogen and oxygen atoms in total. The first-order valence-corrected chi connectivity index (χ1v) is 4.04. The Balaban J connectivity index is 2.64. The Labute approximate surface area is 72.3 Å². The molecule has 0 fully saturated rings. The Bertz CT molecular complexity index is 232. The lowest BCUT2D eigenvalue weighted by molar-refractivity contribution is 0.438. The van der Waals surface area contributed by atoms with Gasteiger partial charge in [-0.05, 0) is 13.3 Å². The van der Waals surface area contributed by atoms with Crippen molar-refractivity contribution in [2.75, 3.05) is 0 Å². The molecule has 1 aromatic rings. The van der Waals surface area contributed by atoms with Crippen LogP contribution in [0, 0.1) is 0 Å². The van der Waals surface area contributed by atoms with E-state index >= 15 is 0 Å². The van der Waals surface area contributed by atoms with Gasteiger partial charge in [-0.3, -0.25) is 0 Å². The average molecular weight is 166 g/mol. The highest BCUT2D eigenvalue weighted by Crippen LogP contribution is 2.09. The summed E-state index contributed by atoms with van der Waals surface area (Å²) in [5, 5.41) is 0. The van der Waals surface area contributed by atoms with Gasteiger partial charge in [0.25, 0.3) is 0 Å². The van der Waals surface area contributed by atoms with Crippen molar-refractivity contribution < 1.29 is 0 Å². The van der Waals surface area contributed by atoms with Crippen molar-refractivity contribution in [2.24, 2.45) is 5.73 Å². The predicted octanol–water partition coefficient (Wildman–Crippen LogP) is 0.541. The highest BCUT2D eigenvalue weighted by atomic mass is 15.0. The van der Waals surface area contributed by atoms with E-state index in [2.05, 4.69) is 21.9 Å². The van der Waals surface area contributed by atoms with E-state index in [9.17, 15) is 0 Å². The molecule has 1 unspecified atom stereocenters. The SMILES string of the molecule is CCC(C)(N)Cc1ncncn1. The molecule has 66 valence electrons. The maximum Gasteiger partial charge on any atom is 0.133 e. The molecule has 0 saturated heterocycles. The minimum Gasteiger partial charge on any atom is -0.325 e. The summed E-state index contributed by atoms with van der Waals surface area (Å²) in [4.78, 5) is 11.8. The second kappa shape index (κ2) is 3.58. The van der Waals surface area contributed by atoms with E-state index in [0.29, 0.717) is 6.42 Å². The normalized spacial score (nSPS) is 15.6. The number of aromatic nitrogens is 3. The van der Waals surface area contributed by atoms with Crippen LogP contribution < -0.4 is 5.73 Å². The molecule has 0 amide bonds. The number of nitrogens with zero attached hydrogens (tertiary/aromatic N) is 3. The molecule has 12 heavy (non-hydrogen) atoms. The molecule has 0 aromatic carbocycles. The van der Waals surface area contributed by atoms with Crippen molar-refractivity contribution >= 4 is 0 Å². The van der Waals surface area contributed by atoms with Gasteiger partial charge < -0.3 is 5.73 Å². The maximum absolute atomic E-state index is 5.95. The third kappa shape index (κ3) is 2.54. The van der Waals surface area contributed by atoms with Gasteiger partial charge in [0.15, 0.2) is 0 Å². The molecule has 1 heterocycles. The fraction of sp³-hybridized carbons (Fsp3) is 0.625. The third-order valence-corrected chi connectivity index (χ3v) is 1.92. The van der Waals surface area contributed by atoms with Gasteiger partial charge in [-0.25, -0.2) is 15.0 Å². The van der Waals surface area contributed by atoms with E-state index in [0.717, 1.165) is 12.2 Å². The summed E-state index contributed by atoms with van der Waals surface area (Å²) in [5.74, 6) is 0.761. The topological polar surface area (TPSA) is 64.7 Å². The van der Waals surface area contributed by atoms with Crippen molar-refractivity contribution in [3.63, 3.8) is 0 Å². The van der Waals surface area contributed by atoms with Crippen molar-refractivity contribution in [1.29, 1.82) is 0 Å². The molecule has 0 radical (unpaired) electrons. The Morgan fingerprint density at radius 3 is 2.50 bits per heavy atom. The van der Waals surface area contributed by atoms with Crippen LogP contribution in [0.4, 0.5) is 0 Å². The Kier molecular flexibility index (Phi) is 2.70. The quantitative estimate of drug-likeness (QED) is 0.711. The number of hydrogen-bond donors (Lipinski definition) is 1. The highest BCUT2D eigenvalue weighted by Gasteiger charge is 2.17. The largest absolute Gasteiger partial charge is 0.325 e. The van der Waals surface area contributed by atoms with E-state index in [1.165, 1.54) is 12.7 Å². The average Bonchev–Trinajstić information content (AvgIpc) is 2.06. The molecule has 0 bridgehead atoms. The van der Waals surface area contributed by atoms with Crippen LogP contribution in [0.25, 0.3) is 0 Å². The van der Waals surface area contributed by atoms with Gasteiger partial charge in [0.1, 0.15) is 18.5 Å². The van der Waals surface area contributed by atoms with Crippen molar-refractivity contribution in [2.45, 2.75) is 32.2 Å². The van der Waals surface area contributed by atoms with Crippen LogP contribution >= 0.6 is 0 Å². The van der Waals surface area contributed by atoms with E-state index in [1.807, 2.05) is 6.92 Å². The molecule has 0 aliphatic heterocycles. The van der Waals surface area contributed by atoms with Crippen molar-refractivity contribution in [3.8, 4) is 0 Å². The lowest BCUT2D eigenvalue weighted by Gasteiger charge is -2.20. The van der Waals surface area contributed by atoms with Gasteiger partial charge in [0.2, 0.25) is 0 Å². The van der Waals surface area contributed by atoms with Crippen LogP contribution in [0.1, 0.15) is 26.1 Å². The monoisotopic (exact) mass is 166 g/mol. The molecule has 0 aliphatic rings. The zero-order chi connectivity index (χ0) is 9.03. The molecule has 0 aliphatic carbocycles. The molecule has 2 N–H and O–H groups in total. The van der Waals surface area contributed by atoms with Crippen LogP contribution in [0.5, 0.6) is 0 Å². The van der Waals surface area contributed by atoms with Crippen LogP contribution in [0.2, 0.25) is 0 Å². The molecular formula is C8H14N4. The smallest absolute Gasteiger partial charge is 0.133 e. The van der Waals surface area contributed by atoms with Crippen molar-refractivity contribution in [1.82, 2.24) is 15.0 Å². The van der Waals surface area contributed by atoms with Gasteiger partial charge in [-0.1, -0.05) is 6.92 Å². The second-order valence-corrected chi connectivity index (χ2v) is 3.24. The van der Waals surface area contributed by atoms with Crippen LogP contribution in [0.3, 0.4) is 0 Å². The zero-order valence-corrected chi connectivity index (χ0v) is 7.49. The van der Waals surface area contributed by atoms with Crippen LogP contribution in [-0.4, -0.2) is 20.5 Å². The Morgan fingerprint density at radius 2 is 2.00 bits per heavy atom. The van der Waals surface area contributed by atoms with Gasteiger partial charge in [-0.2, -0.15) is 0 Å². The maximum atomic E-state index is 5.95. The minimum absolute atomic E-state index is 0.207. The van der Waals surface area contributed by atoms with Gasteiger partial charge in [0.05, 0.1) is 0 Å². The highest BCUT2D eigenvalue weighted by molar-refractivity contribution is 4.92. The lowest BCUT2D eigenvalue weighted by atomic mass is 9.96. The van der Waals surface area contributed by atoms with E-state index in [1.54, 1.807) is 0 Å². The van der Waals surface area contributed by atoms with E-state index < -0.39 is 0 Å². The Hall–Kier alpha value is -1.03. The summed E-state index contributed by atoms with van der Waals surface area (Å²) in [7, 11) is 0. The fourth-order valence-corrected chi connectivity index (χ4v) is 0.841. The summed E-state index contributed by atoms with van der Waals surface area (Å²) in [6, 6.07) is 0. The molecule has 0 spiro atoms. The molecule has 1 rings (SSSR count). The summed E-state index contributed by atoms with van der Waals surface area (Å²) < 4.78 is 0. The molecule has 1 aromatic heterocycles. The second-order valence-electron chi connectivity index (χ2n) is 3.24. The zero-order valence-electron chi connectivity index (χ0n) is 7.49. The minimum atomic E-state index is -0.207. The Morgan fingerprint density at radius 1 is 1.42 bits per heavy atom. The fourth-order valence-electron chi connectivity index (χ4n) is 0.841. The third-order valence-electron chi connectivity index (χ3n) is 1.92. The predicted molar refractivity (Wildman–Crippen MR) is 46.4 cm³/mol. The first-order chi connectivity index (χ1) is 5.64. The summed E-state index contributed by atoms with van der Waals surface area (Å²) in [6.07, 6.45) is 4.60. The number of nitrogens with two attached hydrogens (primary N) is 1. The standard InChI is InChI=1S/C8H14N4/c1-3-8(2,9)4-7-11-5-10-6-12-7/h5-6H,3-4,9H2,1-2H3. The molecule has 0 saturated carbocycles. The van der Waals surface area contributed by atoms with Gasteiger partial charge in [0, 0.05) is 12.0 Å². The summed E-state index contributed by atoms with van der Waals surface area (Å²) in [6.45, 7) is 4.05. The van der Waals surface area contributed by atoms with Gasteiger partial charge >= 0.3 is 0 Å². The van der Waals surface area contributed by atoms with E-state index in [4.69, 9.17) is 5.73 Å². The van der Waals surface area contributed by atoms with Crippen LogP contribution in [-0.2, 0) is 6.42 Å². The van der Waals surface area contributed by atoms with Crippen LogP contribution in [0.15, 0.2) is 12.7 Å². The number of hydrogen-bond acceptors (Lipinski definition) is 4. The summed E-state index contributed by atoms with van der Waals surface area (Å²) in [5.41, 5.74) is 5.74.